The summed E-state index contributed by atoms with van der Waals surface area (Å²) in [5, 5.41) is 20.5. The zero-order valence-electron chi connectivity index (χ0n) is 12.9. The Balaban J connectivity index is 2.49. The van der Waals surface area contributed by atoms with Crippen molar-refractivity contribution in [2.24, 2.45) is 0 Å². The molecular formula is C17H13ClN2O4. The number of hydrogen-bond donors (Lipinski definition) is 0. The molecule has 0 N–H and O–H groups in total. The van der Waals surface area contributed by atoms with Crippen molar-refractivity contribution < 1.29 is 14.4 Å². The number of nitriles is 1. The van der Waals surface area contributed by atoms with Gasteiger partial charge >= 0.3 is 0 Å². The molecule has 122 valence electrons. The van der Waals surface area contributed by atoms with Gasteiger partial charge in [-0.2, -0.15) is 5.26 Å². The van der Waals surface area contributed by atoms with Gasteiger partial charge in [-0.25, -0.2) is 0 Å². The van der Waals surface area contributed by atoms with Crippen LogP contribution in [0.15, 0.2) is 36.4 Å². The molecule has 0 saturated carbocycles. The van der Waals surface area contributed by atoms with Crippen molar-refractivity contribution in [2.45, 2.75) is 0 Å². The van der Waals surface area contributed by atoms with E-state index in [2.05, 4.69) is 6.07 Å². The summed E-state index contributed by atoms with van der Waals surface area (Å²) in [6.45, 7) is 0. The molecule has 2 aromatic rings. The fraction of sp³-hybridized carbons (Fsp3) is 0.118. The normalized spacial score (nSPS) is 10.8. The number of nitrogens with zero attached hydrogens (tertiary/aromatic N) is 2. The minimum atomic E-state index is -0.494. The van der Waals surface area contributed by atoms with Gasteiger partial charge in [0.25, 0.3) is 5.69 Å². The molecule has 6 nitrogen and oxygen atoms in total. The molecule has 0 aliphatic heterocycles. The third-order valence-corrected chi connectivity index (χ3v) is 3.61. The van der Waals surface area contributed by atoms with Crippen LogP contribution in [0.2, 0.25) is 5.02 Å². The molecule has 2 rings (SSSR count). The summed E-state index contributed by atoms with van der Waals surface area (Å²) in [7, 11) is 2.99. The van der Waals surface area contributed by atoms with E-state index in [0.29, 0.717) is 33.2 Å². The lowest BCUT2D eigenvalue weighted by atomic mass is 10.0. The highest BCUT2D eigenvalue weighted by atomic mass is 35.5. The Hall–Kier alpha value is -3.04. The molecule has 0 radical (unpaired) electrons. The smallest absolute Gasteiger partial charge is 0.269 e. The predicted octanol–water partition coefficient (Wildman–Crippen LogP) is 4.33. The van der Waals surface area contributed by atoms with Crippen LogP contribution in [0.25, 0.3) is 11.6 Å². The molecule has 0 unspecified atom stereocenters. The number of nitro groups is 1. The average molecular weight is 345 g/mol. The van der Waals surface area contributed by atoms with Crippen molar-refractivity contribution in [2.75, 3.05) is 14.2 Å². The van der Waals surface area contributed by atoms with E-state index in [9.17, 15) is 15.4 Å². The maximum absolute atomic E-state index is 10.7. The van der Waals surface area contributed by atoms with Gasteiger partial charge in [0.15, 0.2) is 0 Å². The van der Waals surface area contributed by atoms with E-state index in [4.69, 9.17) is 21.1 Å². The van der Waals surface area contributed by atoms with Crippen LogP contribution in [0.1, 0.15) is 11.1 Å². The Labute approximate surface area is 143 Å². The highest BCUT2D eigenvalue weighted by Gasteiger charge is 2.11. The molecule has 0 heterocycles. The summed E-state index contributed by atoms with van der Waals surface area (Å²) in [5.74, 6) is 0.949. The SMILES string of the molecule is COc1cc(OC)c(/C=C(/C#N)c2ccc([N+](=O)[O-])cc2)cc1Cl. The van der Waals surface area contributed by atoms with E-state index < -0.39 is 4.92 Å². The van der Waals surface area contributed by atoms with Crippen LogP contribution in [0.5, 0.6) is 11.5 Å². The Kier molecular flexibility index (Phi) is 5.40. The number of hydrogen-bond acceptors (Lipinski definition) is 5. The first-order valence-electron chi connectivity index (χ1n) is 6.78. The molecule has 7 heteroatoms. The van der Waals surface area contributed by atoms with Gasteiger partial charge in [0.2, 0.25) is 0 Å². The Morgan fingerprint density at radius 2 is 1.83 bits per heavy atom. The minimum absolute atomic E-state index is 0.0406. The van der Waals surface area contributed by atoms with E-state index in [0.717, 1.165) is 0 Å². The number of ether oxygens (including phenoxy) is 2. The third kappa shape index (κ3) is 3.65. The van der Waals surface area contributed by atoms with Crippen LogP contribution < -0.4 is 9.47 Å². The van der Waals surface area contributed by atoms with E-state index in [1.54, 1.807) is 18.2 Å². The van der Waals surface area contributed by atoms with Gasteiger partial charge < -0.3 is 9.47 Å². The minimum Gasteiger partial charge on any atom is -0.496 e. The Morgan fingerprint density at radius 3 is 2.33 bits per heavy atom. The summed E-state index contributed by atoms with van der Waals surface area (Å²) in [6, 6.07) is 11.1. The van der Waals surface area contributed by atoms with Crippen LogP contribution in [0, 0.1) is 21.4 Å². The fourth-order valence-corrected chi connectivity index (χ4v) is 2.34. The lowest BCUT2D eigenvalue weighted by Gasteiger charge is -2.10. The largest absolute Gasteiger partial charge is 0.496 e. The topological polar surface area (TPSA) is 85.4 Å². The van der Waals surface area contributed by atoms with Crippen LogP contribution >= 0.6 is 11.6 Å². The standard InChI is InChI=1S/C17H13ClN2O4/c1-23-16-9-17(24-2)15(18)8-12(16)7-13(10-19)11-3-5-14(6-4-11)20(21)22/h3-9H,1-2H3/b13-7-. The summed E-state index contributed by atoms with van der Waals surface area (Å²) < 4.78 is 10.4. The highest BCUT2D eigenvalue weighted by Crippen LogP contribution is 2.34. The Bertz CT molecular complexity index is 839. The molecule has 0 bridgehead atoms. The van der Waals surface area contributed by atoms with Crippen molar-refractivity contribution in [3.05, 3.63) is 62.7 Å². The summed E-state index contributed by atoms with van der Waals surface area (Å²) in [5.41, 5.74) is 1.43. The zero-order valence-corrected chi connectivity index (χ0v) is 13.7. The summed E-state index contributed by atoms with van der Waals surface area (Å²) in [6.07, 6.45) is 1.60. The van der Waals surface area contributed by atoms with Gasteiger partial charge in [-0.1, -0.05) is 11.6 Å². The van der Waals surface area contributed by atoms with Gasteiger partial charge in [-0.15, -0.1) is 0 Å². The second-order valence-electron chi connectivity index (χ2n) is 4.70. The lowest BCUT2D eigenvalue weighted by Crippen LogP contribution is -1.92. The first-order valence-corrected chi connectivity index (χ1v) is 7.16. The van der Waals surface area contributed by atoms with Gasteiger partial charge in [0.05, 0.1) is 35.8 Å². The first-order chi connectivity index (χ1) is 11.5. The Morgan fingerprint density at radius 1 is 1.21 bits per heavy atom. The van der Waals surface area contributed by atoms with Crippen molar-refractivity contribution in [3.63, 3.8) is 0 Å². The van der Waals surface area contributed by atoms with Crippen LogP contribution in [-0.4, -0.2) is 19.1 Å². The van der Waals surface area contributed by atoms with Crippen molar-refractivity contribution >= 4 is 28.9 Å². The second kappa shape index (κ2) is 7.49. The van der Waals surface area contributed by atoms with E-state index in [1.165, 1.54) is 38.5 Å². The maximum atomic E-state index is 10.7. The predicted molar refractivity (Wildman–Crippen MR) is 91.1 cm³/mol. The molecule has 0 fully saturated rings. The van der Waals surface area contributed by atoms with E-state index >= 15 is 0 Å². The number of benzene rings is 2. The molecule has 0 aromatic heterocycles. The van der Waals surface area contributed by atoms with Crippen molar-refractivity contribution in [3.8, 4) is 17.6 Å². The number of non-ortho nitro benzene ring substituents is 1. The van der Waals surface area contributed by atoms with Crippen LogP contribution in [-0.2, 0) is 0 Å². The quantitative estimate of drug-likeness (QED) is 0.349. The summed E-state index contributed by atoms with van der Waals surface area (Å²) in [4.78, 5) is 10.2. The molecule has 24 heavy (non-hydrogen) atoms. The monoisotopic (exact) mass is 344 g/mol. The second-order valence-corrected chi connectivity index (χ2v) is 5.11. The van der Waals surface area contributed by atoms with Gasteiger partial charge in [-0.3, -0.25) is 10.1 Å². The first kappa shape index (κ1) is 17.3. The van der Waals surface area contributed by atoms with Crippen LogP contribution in [0.3, 0.4) is 0 Å². The number of allylic oxidation sites excluding steroid dienone is 1. The molecule has 0 aliphatic rings. The van der Waals surface area contributed by atoms with Crippen molar-refractivity contribution in [1.29, 1.82) is 5.26 Å². The van der Waals surface area contributed by atoms with Gasteiger partial charge in [-0.05, 0) is 29.8 Å². The molecule has 0 atom stereocenters. The molecule has 0 amide bonds. The van der Waals surface area contributed by atoms with Gasteiger partial charge in [0, 0.05) is 23.8 Å². The van der Waals surface area contributed by atoms with Crippen molar-refractivity contribution in [1.82, 2.24) is 0 Å². The molecule has 2 aromatic carbocycles. The van der Waals surface area contributed by atoms with E-state index in [-0.39, 0.29) is 5.69 Å². The molecule has 0 saturated heterocycles. The number of rotatable bonds is 5. The molecule has 0 spiro atoms. The average Bonchev–Trinajstić information content (AvgIpc) is 2.59. The van der Waals surface area contributed by atoms with E-state index in [1.807, 2.05) is 0 Å². The fourth-order valence-electron chi connectivity index (χ4n) is 2.09. The molecular weight excluding hydrogens is 332 g/mol. The lowest BCUT2D eigenvalue weighted by molar-refractivity contribution is -0.384. The third-order valence-electron chi connectivity index (χ3n) is 3.31. The highest BCUT2D eigenvalue weighted by molar-refractivity contribution is 6.32. The number of nitro benzene ring substituents is 1. The molecule has 0 aliphatic carbocycles. The van der Waals surface area contributed by atoms with Crippen LogP contribution in [0.4, 0.5) is 5.69 Å². The number of halogens is 1. The van der Waals surface area contributed by atoms with Gasteiger partial charge in [0.1, 0.15) is 11.5 Å². The summed E-state index contributed by atoms with van der Waals surface area (Å²) >= 11 is 6.12. The zero-order chi connectivity index (χ0) is 17.7. The maximum Gasteiger partial charge on any atom is 0.269 e. The number of methoxy groups -OCH3 is 2.